The summed E-state index contributed by atoms with van der Waals surface area (Å²) in [4.78, 5) is 0. The fourth-order valence-electron chi connectivity index (χ4n) is 2.86. The van der Waals surface area contributed by atoms with E-state index in [-0.39, 0.29) is 0 Å². The Morgan fingerprint density at radius 1 is 0.800 bits per heavy atom. The van der Waals surface area contributed by atoms with Gasteiger partial charge in [-0.25, -0.2) is 0 Å². The molecule has 10 nitrogen and oxygen atoms in total. The normalized spacial score (nSPS) is 48.5. The summed E-state index contributed by atoms with van der Waals surface area (Å²) in [7, 11) is 0. The lowest BCUT2D eigenvalue weighted by Gasteiger charge is -2.46. The topological polar surface area (TPSA) is 169 Å². The quantitative estimate of drug-likeness (QED) is 0.240. The minimum Gasteiger partial charge on any atom is -0.394 e. The third-order valence-corrected chi connectivity index (χ3v) is 5.34. The van der Waals surface area contributed by atoms with E-state index >= 15 is 0 Å². The van der Waals surface area contributed by atoms with Crippen molar-refractivity contribution in [3.63, 3.8) is 0 Å². The van der Waals surface area contributed by atoms with Crippen molar-refractivity contribution in [1.29, 1.82) is 0 Å². The lowest BCUT2D eigenvalue weighted by atomic mass is 9.97. The first-order chi connectivity index (χ1) is 11.8. The second-order valence-corrected chi connectivity index (χ2v) is 7.34. The highest BCUT2D eigenvalue weighted by atomic mass is 32.2. The Morgan fingerprint density at radius 3 is 2.00 bits per heavy atom. The Kier molecular flexibility index (Phi) is 7.85. The molecule has 2 heterocycles. The van der Waals surface area contributed by atoms with Gasteiger partial charge in [0.25, 0.3) is 0 Å². The van der Waals surface area contributed by atoms with Crippen molar-refractivity contribution in [1.82, 2.24) is 0 Å². The zero-order valence-corrected chi connectivity index (χ0v) is 14.5. The number of aliphatic hydroxyl groups excluding tert-OH is 7. The van der Waals surface area contributed by atoms with Gasteiger partial charge >= 0.3 is 0 Å². The first-order valence-corrected chi connectivity index (χ1v) is 9.10. The van der Waals surface area contributed by atoms with Crippen LogP contribution < -0.4 is 0 Å². The highest BCUT2D eigenvalue weighted by Gasteiger charge is 2.50. The molecule has 0 aliphatic carbocycles. The number of rotatable bonds is 6. The summed E-state index contributed by atoms with van der Waals surface area (Å²) in [5.74, 6) is 0.616. The zero-order chi connectivity index (χ0) is 18.7. The van der Waals surface area contributed by atoms with E-state index in [1.165, 1.54) is 11.8 Å². The van der Waals surface area contributed by atoms with E-state index in [0.29, 0.717) is 5.75 Å². The first-order valence-electron chi connectivity index (χ1n) is 8.05. The average molecular weight is 386 g/mol. The molecule has 0 aromatic rings. The maximum Gasteiger partial charge on any atom is 0.187 e. The van der Waals surface area contributed by atoms with E-state index in [9.17, 15) is 35.7 Å². The summed E-state index contributed by atoms with van der Waals surface area (Å²) in [5, 5.41) is 68.7. The van der Waals surface area contributed by atoms with E-state index in [1.807, 2.05) is 6.92 Å². The van der Waals surface area contributed by atoms with Crippen LogP contribution in [0.5, 0.6) is 0 Å². The van der Waals surface area contributed by atoms with Crippen LogP contribution in [0.3, 0.4) is 0 Å². The molecule has 2 aliphatic heterocycles. The molecule has 0 aromatic carbocycles. The first kappa shape index (κ1) is 21.3. The van der Waals surface area contributed by atoms with Crippen molar-refractivity contribution in [3.8, 4) is 0 Å². The van der Waals surface area contributed by atoms with Crippen LogP contribution in [0.25, 0.3) is 0 Å². The fraction of sp³-hybridized carbons (Fsp3) is 1.00. The fourth-order valence-corrected chi connectivity index (χ4v) is 3.77. The van der Waals surface area contributed by atoms with Gasteiger partial charge in [-0.3, -0.25) is 0 Å². The summed E-state index contributed by atoms with van der Waals surface area (Å²) in [6.45, 7) is 0.695. The Balaban J connectivity index is 2.11. The van der Waals surface area contributed by atoms with Crippen LogP contribution in [0.4, 0.5) is 0 Å². The van der Waals surface area contributed by atoms with Crippen molar-refractivity contribution < 1.29 is 50.0 Å². The molecule has 0 radical (unpaired) electrons. The molecule has 0 saturated carbocycles. The van der Waals surface area contributed by atoms with E-state index < -0.39 is 73.8 Å². The van der Waals surface area contributed by atoms with Crippen LogP contribution in [-0.2, 0) is 14.2 Å². The van der Waals surface area contributed by atoms with Crippen molar-refractivity contribution >= 4 is 11.8 Å². The van der Waals surface area contributed by atoms with Gasteiger partial charge in [-0.2, -0.15) is 0 Å². The monoisotopic (exact) mass is 386 g/mol. The Labute approximate surface area is 148 Å². The molecule has 2 rings (SSSR count). The summed E-state index contributed by atoms with van der Waals surface area (Å²) < 4.78 is 16.2. The van der Waals surface area contributed by atoms with Crippen LogP contribution in [0, 0.1) is 0 Å². The molecule has 7 N–H and O–H groups in total. The molecule has 0 spiro atoms. The van der Waals surface area contributed by atoms with Crippen LogP contribution in [0.2, 0.25) is 0 Å². The average Bonchev–Trinajstić information content (AvgIpc) is 2.61. The molecular formula is C14H26O10S. The second kappa shape index (κ2) is 9.24. The molecule has 0 bridgehead atoms. The highest BCUT2D eigenvalue weighted by molar-refractivity contribution is 7.99. The molecule has 5 unspecified atom stereocenters. The van der Waals surface area contributed by atoms with Gasteiger partial charge in [0.2, 0.25) is 0 Å². The van der Waals surface area contributed by atoms with Gasteiger partial charge < -0.3 is 50.0 Å². The van der Waals surface area contributed by atoms with Gasteiger partial charge in [-0.15, -0.1) is 11.8 Å². The van der Waals surface area contributed by atoms with Gasteiger partial charge in [0, 0.05) is 0 Å². The largest absolute Gasteiger partial charge is 0.394 e. The van der Waals surface area contributed by atoms with Crippen LogP contribution >= 0.6 is 11.8 Å². The number of hydrogen-bond donors (Lipinski definition) is 7. The van der Waals surface area contributed by atoms with E-state index in [4.69, 9.17) is 14.2 Å². The van der Waals surface area contributed by atoms with E-state index in [0.717, 1.165) is 0 Å². The van der Waals surface area contributed by atoms with Gasteiger partial charge in [0.05, 0.1) is 13.2 Å². The summed E-state index contributed by atoms with van der Waals surface area (Å²) in [6, 6.07) is 0. The highest BCUT2D eigenvalue weighted by Crippen LogP contribution is 2.32. The number of aliphatic hydroxyl groups is 7. The van der Waals surface area contributed by atoms with Crippen LogP contribution in [-0.4, -0.2) is 115 Å². The molecule has 2 fully saturated rings. The molecule has 11 heteroatoms. The predicted octanol–water partition coefficient (Wildman–Crippen LogP) is -3.64. The minimum absolute atomic E-state index is 0.521. The summed E-state index contributed by atoms with van der Waals surface area (Å²) in [5.41, 5.74) is -0.758. The lowest BCUT2D eigenvalue weighted by molar-refractivity contribution is -0.338. The van der Waals surface area contributed by atoms with Crippen molar-refractivity contribution in [2.45, 2.75) is 67.5 Å². The Morgan fingerprint density at radius 2 is 1.44 bits per heavy atom. The van der Waals surface area contributed by atoms with Gasteiger partial charge in [0.1, 0.15) is 54.3 Å². The molecule has 0 aromatic heterocycles. The number of ether oxygens (including phenoxy) is 3. The number of hydrogen-bond acceptors (Lipinski definition) is 11. The summed E-state index contributed by atoms with van der Waals surface area (Å²) >= 11 is 1.25. The molecule has 148 valence electrons. The lowest BCUT2D eigenvalue weighted by Crippen LogP contribution is -2.64. The SMILES string of the molecule is CCS[C@@H]1O[C@H](CO)C(OC2O[C@H](CO)C(O)[C@H](O)C2O)[C@H](O)C1O. The third-order valence-electron chi connectivity index (χ3n) is 4.29. The maximum atomic E-state index is 10.3. The van der Waals surface area contributed by atoms with Crippen LogP contribution in [0.1, 0.15) is 6.92 Å². The molecule has 10 atom stereocenters. The van der Waals surface area contributed by atoms with E-state index in [2.05, 4.69) is 0 Å². The maximum absolute atomic E-state index is 10.3. The standard InChI is InChI=1S/C14H26O10S/c1-2-25-14-11(21)9(19)12(6(4-16)23-14)24-13-10(20)8(18)7(17)5(3-15)22-13/h5-21H,2-4H2,1H3/t5-,6-,7?,8+,9-,10?,11?,12?,13?,14+/m1/s1. The van der Waals surface area contributed by atoms with Crippen molar-refractivity contribution in [2.75, 3.05) is 19.0 Å². The third kappa shape index (κ3) is 4.45. The molecule has 2 saturated heterocycles. The van der Waals surface area contributed by atoms with Crippen molar-refractivity contribution in [2.24, 2.45) is 0 Å². The molecule has 2 aliphatic rings. The predicted molar refractivity (Wildman–Crippen MR) is 84.5 cm³/mol. The minimum atomic E-state index is -1.66. The van der Waals surface area contributed by atoms with Crippen LogP contribution in [0.15, 0.2) is 0 Å². The van der Waals surface area contributed by atoms with Crippen molar-refractivity contribution in [3.05, 3.63) is 0 Å². The smallest absolute Gasteiger partial charge is 0.187 e. The molecule has 0 amide bonds. The van der Waals surface area contributed by atoms with E-state index in [1.54, 1.807) is 0 Å². The van der Waals surface area contributed by atoms with Gasteiger partial charge in [-0.05, 0) is 5.75 Å². The summed E-state index contributed by atoms with van der Waals surface area (Å²) in [6.07, 6.45) is -12.5. The molecular weight excluding hydrogens is 360 g/mol. The Bertz CT molecular complexity index is 411. The van der Waals surface area contributed by atoms with Gasteiger partial charge in [0.15, 0.2) is 6.29 Å². The molecule has 25 heavy (non-hydrogen) atoms. The zero-order valence-electron chi connectivity index (χ0n) is 13.7. The Hall–Kier alpha value is -0.0500. The van der Waals surface area contributed by atoms with Gasteiger partial charge in [-0.1, -0.05) is 6.92 Å². The number of thioether (sulfide) groups is 1. The second-order valence-electron chi connectivity index (χ2n) is 5.96.